The maximum atomic E-state index is 8.95. The second-order valence-corrected chi connectivity index (χ2v) is 4.48. The molecule has 0 atom stereocenters. The summed E-state index contributed by atoms with van der Waals surface area (Å²) in [6.45, 7) is 2.55. The number of nitrogens with zero attached hydrogens (tertiary/aromatic N) is 1. The van der Waals surface area contributed by atoms with Crippen LogP contribution in [-0.2, 0) is 0 Å². The van der Waals surface area contributed by atoms with Crippen LogP contribution in [0.4, 0.5) is 11.4 Å². The molecule has 20 heavy (non-hydrogen) atoms. The summed E-state index contributed by atoms with van der Waals surface area (Å²) in [5.74, 6) is 0.779. The number of nitrogens with two attached hydrogens (primary N) is 1. The fourth-order valence-electron chi connectivity index (χ4n) is 2.28. The number of hydrogen-bond acceptors (Lipinski definition) is 5. The zero-order valence-electron chi connectivity index (χ0n) is 11.1. The molecule has 0 saturated heterocycles. The highest BCUT2D eigenvalue weighted by atomic mass is 16.5. The van der Waals surface area contributed by atoms with Crippen LogP contribution in [-0.4, -0.2) is 16.8 Å². The zero-order valence-corrected chi connectivity index (χ0v) is 11.1. The molecule has 0 amide bonds. The van der Waals surface area contributed by atoms with Crippen LogP contribution >= 0.6 is 0 Å². The van der Waals surface area contributed by atoms with Crippen LogP contribution in [0.1, 0.15) is 6.92 Å². The number of nitrogens with one attached hydrogen (secondary N) is 1. The minimum Gasteiger partial charge on any atom is -0.494 e. The topological polar surface area (TPSA) is 80.4 Å². The van der Waals surface area contributed by atoms with E-state index in [9.17, 15) is 0 Å². The Morgan fingerprint density at radius 3 is 2.75 bits per heavy atom. The van der Waals surface area contributed by atoms with Gasteiger partial charge in [-0.3, -0.25) is 10.7 Å². The number of hydrogen-bond donors (Lipinski definition) is 3. The van der Waals surface area contributed by atoms with Crippen molar-refractivity contribution in [1.29, 1.82) is 0 Å². The molecule has 1 aromatic heterocycles. The van der Waals surface area contributed by atoms with Gasteiger partial charge >= 0.3 is 0 Å². The summed E-state index contributed by atoms with van der Waals surface area (Å²) in [5, 5.41) is 10.7. The van der Waals surface area contributed by atoms with E-state index in [1.54, 1.807) is 12.1 Å². The van der Waals surface area contributed by atoms with Gasteiger partial charge in [-0.15, -0.1) is 0 Å². The number of aromatic nitrogens is 1. The van der Waals surface area contributed by atoms with E-state index >= 15 is 0 Å². The lowest BCUT2D eigenvalue weighted by Gasteiger charge is -2.10. The van der Waals surface area contributed by atoms with E-state index in [-0.39, 0.29) is 0 Å². The normalized spacial score (nSPS) is 10.9. The third-order valence-electron chi connectivity index (χ3n) is 3.23. The number of anilines is 2. The molecule has 3 rings (SSSR count). The van der Waals surface area contributed by atoms with Gasteiger partial charge in [0.2, 0.25) is 0 Å². The summed E-state index contributed by atoms with van der Waals surface area (Å²) in [4.78, 5) is 4.56. The Hall–Kier alpha value is -2.53. The summed E-state index contributed by atoms with van der Waals surface area (Å²) in [6, 6.07) is 11.0. The van der Waals surface area contributed by atoms with Gasteiger partial charge in [0.05, 0.1) is 29.0 Å². The first-order valence-corrected chi connectivity index (χ1v) is 6.39. The first-order valence-electron chi connectivity index (χ1n) is 6.39. The van der Waals surface area contributed by atoms with Crippen molar-refractivity contribution in [3.8, 4) is 5.75 Å². The fraction of sp³-hybridized carbons (Fsp3) is 0.133. The lowest BCUT2D eigenvalue weighted by molar-refractivity contribution is 0.341. The van der Waals surface area contributed by atoms with E-state index in [1.165, 1.54) is 0 Å². The molecule has 0 aliphatic rings. The molecular weight excluding hydrogens is 254 g/mol. The molecule has 0 aliphatic carbocycles. The lowest BCUT2D eigenvalue weighted by atomic mass is 10.1. The van der Waals surface area contributed by atoms with E-state index < -0.39 is 0 Å². The highest BCUT2D eigenvalue weighted by Crippen LogP contribution is 2.31. The molecule has 5 nitrogen and oxygen atoms in total. The van der Waals surface area contributed by atoms with E-state index in [2.05, 4.69) is 10.5 Å². The van der Waals surface area contributed by atoms with Gasteiger partial charge in [-0.25, -0.2) is 4.98 Å². The summed E-state index contributed by atoms with van der Waals surface area (Å²) in [6.07, 6.45) is 0. The fourth-order valence-corrected chi connectivity index (χ4v) is 2.28. The van der Waals surface area contributed by atoms with Crippen LogP contribution in [0.25, 0.3) is 21.8 Å². The average molecular weight is 269 g/mol. The van der Waals surface area contributed by atoms with E-state index in [0.29, 0.717) is 18.0 Å². The predicted octanol–water partition coefficient (Wildman–Crippen LogP) is 3.17. The molecule has 1 heterocycles. The van der Waals surface area contributed by atoms with Crippen LogP contribution < -0.4 is 16.0 Å². The van der Waals surface area contributed by atoms with Gasteiger partial charge in [0.25, 0.3) is 0 Å². The van der Waals surface area contributed by atoms with Crippen molar-refractivity contribution in [3.63, 3.8) is 0 Å². The van der Waals surface area contributed by atoms with Crippen molar-refractivity contribution in [2.24, 2.45) is 0 Å². The Balaban J connectivity index is 2.28. The standard InChI is InChI=1S/C15H15N3O2/c1-2-20-10-4-6-13-12(8-10)15(16)11-5-3-9(18-19)7-14(11)17-13/h3-8,18-19H,2H2,1H3,(H2,16,17). The molecule has 0 unspecified atom stereocenters. The molecule has 0 saturated carbocycles. The van der Waals surface area contributed by atoms with Gasteiger partial charge in [-0.2, -0.15) is 0 Å². The Morgan fingerprint density at radius 1 is 1.15 bits per heavy atom. The van der Waals surface area contributed by atoms with E-state index in [0.717, 1.165) is 27.6 Å². The Morgan fingerprint density at radius 2 is 2.00 bits per heavy atom. The minimum absolute atomic E-state index is 0.578. The quantitative estimate of drug-likeness (QED) is 0.502. The molecule has 2 aromatic carbocycles. The largest absolute Gasteiger partial charge is 0.494 e. The van der Waals surface area contributed by atoms with Crippen LogP contribution in [0.3, 0.4) is 0 Å². The average Bonchev–Trinajstić information content (AvgIpc) is 2.48. The minimum atomic E-state index is 0.578. The van der Waals surface area contributed by atoms with Gasteiger partial charge < -0.3 is 10.5 Å². The SMILES string of the molecule is CCOc1ccc2nc3cc(NO)ccc3c(N)c2c1. The molecule has 0 bridgehead atoms. The van der Waals surface area contributed by atoms with Gasteiger partial charge in [0.1, 0.15) is 5.75 Å². The Bertz CT molecular complexity index is 787. The second kappa shape index (κ2) is 4.86. The summed E-state index contributed by atoms with van der Waals surface area (Å²) >= 11 is 0. The van der Waals surface area contributed by atoms with Crippen molar-refractivity contribution >= 4 is 33.2 Å². The Labute approximate surface area is 115 Å². The lowest BCUT2D eigenvalue weighted by Crippen LogP contribution is -1.96. The van der Waals surface area contributed by atoms with Crippen molar-refractivity contribution < 1.29 is 9.94 Å². The Kier molecular flexibility index (Phi) is 3.04. The molecule has 3 aromatic rings. The molecule has 5 heteroatoms. The molecule has 4 N–H and O–H groups in total. The predicted molar refractivity (Wildman–Crippen MR) is 80.2 cm³/mol. The highest BCUT2D eigenvalue weighted by molar-refractivity contribution is 6.07. The maximum absolute atomic E-state index is 8.95. The molecule has 102 valence electrons. The summed E-state index contributed by atoms with van der Waals surface area (Å²) < 4.78 is 5.49. The van der Waals surface area contributed by atoms with Crippen molar-refractivity contribution in [1.82, 2.24) is 4.98 Å². The molecule has 0 radical (unpaired) electrons. The van der Waals surface area contributed by atoms with Crippen molar-refractivity contribution in [2.75, 3.05) is 17.8 Å². The first kappa shape index (κ1) is 12.5. The smallest absolute Gasteiger partial charge is 0.120 e. The van der Waals surface area contributed by atoms with Gasteiger partial charge in [0.15, 0.2) is 0 Å². The number of fused-ring (bicyclic) bond motifs is 2. The van der Waals surface area contributed by atoms with E-state index in [1.807, 2.05) is 31.2 Å². The summed E-state index contributed by atoms with van der Waals surface area (Å²) in [5.41, 5.74) is 11.1. The second-order valence-electron chi connectivity index (χ2n) is 4.48. The monoisotopic (exact) mass is 269 g/mol. The number of rotatable bonds is 3. The van der Waals surface area contributed by atoms with Crippen LogP contribution in [0, 0.1) is 0 Å². The maximum Gasteiger partial charge on any atom is 0.120 e. The van der Waals surface area contributed by atoms with Crippen molar-refractivity contribution in [3.05, 3.63) is 36.4 Å². The number of pyridine rings is 1. The number of benzene rings is 2. The third-order valence-corrected chi connectivity index (χ3v) is 3.23. The molecule has 0 spiro atoms. The molecular formula is C15H15N3O2. The summed E-state index contributed by atoms with van der Waals surface area (Å²) in [7, 11) is 0. The van der Waals surface area contributed by atoms with Gasteiger partial charge in [-0.1, -0.05) is 0 Å². The molecule has 0 fully saturated rings. The van der Waals surface area contributed by atoms with Crippen LogP contribution in [0.5, 0.6) is 5.75 Å². The third kappa shape index (κ3) is 1.98. The van der Waals surface area contributed by atoms with Crippen LogP contribution in [0.15, 0.2) is 36.4 Å². The van der Waals surface area contributed by atoms with Gasteiger partial charge in [0, 0.05) is 10.8 Å². The van der Waals surface area contributed by atoms with Crippen molar-refractivity contribution in [2.45, 2.75) is 6.92 Å². The number of nitrogen functional groups attached to an aromatic ring is 1. The van der Waals surface area contributed by atoms with E-state index in [4.69, 9.17) is 15.7 Å². The first-order chi connectivity index (χ1) is 9.72. The zero-order chi connectivity index (χ0) is 14.1. The highest BCUT2D eigenvalue weighted by Gasteiger charge is 2.08. The number of ether oxygens (including phenoxy) is 1. The molecule has 0 aliphatic heterocycles. The van der Waals surface area contributed by atoms with Gasteiger partial charge in [-0.05, 0) is 43.3 Å². The van der Waals surface area contributed by atoms with Crippen LogP contribution in [0.2, 0.25) is 0 Å².